The maximum absolute atomic E-state index is 12.5. The Hall–Kier alpha value is -2.89. The lowest BCUT2D eigenvalue weighted by atomic mass is 9.99. The molecule has 0 radical (unpaired) electrons. The Labute approximate surface area is 151 Å². The summed E-state index contributed by atoms with van der Waals surface area (Å²) in [6, 6.07) is 8.42. The third-order valence-corrected chi connectivity index (χ3v) is 4.73. The summed E-state index contributed by atoms with van der Waals surface area (Å²) >= 11 is 0. The van der Waals surface area contributed by atoms with E-state index in [9.17, 15) is 4.79 Å². The van der Waals surface area contributed by atoms with Gasteiger partial charge in [0.1, 0.15) is 23.0 Å². The van der Waals surface area contributed by atoms with E-state index < -0.39 is 5.97 Å². The number of hydrogen-bond acceptors (Lipinski definition) is 6. The van der Waals surface area contributed by atoms with Crippen molar-refractivity contribution in [1.82, 2.24) is 9.97 Å². The summed E-state index contributed by atoms with van der Waals surface area (Å²) in [5, 5.41) is 0.644. The van der Waals surface area contributed by atoms with Gasteiger partial charge in [-0.3, -0.25) is 0 Å². The van der Waals surface area contributed by atoms with Gasteiger partial charge in [0, 0.05) is 13.1 Å². The predicted octanol–water partition coefficient (Wildman–Crippen LogP) is 3.58. The van der Waals surface area contributed by atoms with Gasteiger partial charge in [-0.2, -0.15) is 4.98 Å². The lowest BCUT2D eigenvalue weighted by Gasteiger charge is -2.30. The van der Waals surface area contributed by atoms with E-state index in [-0.39, 0.29) is 0 Å². The van der Waals surface area contributed by atoms with Crippen molar-refractivity contribution in [2.45, 2.75) is 33.7 Å². The van der Waals surface area contributed by atoms with Gasteiger partial charge in [-0.05, 0) is 38.3 Å². The SMILES string of the molecule is CCOC(=O)c1c(C)oc2nc(C)nc(N3CCc4ccccc4C3)c12. The van der Waals surface area contributed by atoms with Gasteiger partial charge in [0.2, 0.25) is 5.71 Å². The lowest BCUT2D eigenvalue weighted by Crippen LogP contribution is -2.31. The van der Waals surface area contributed by atoms with Crippen molar-refractivity contribution in [3.05, 3.63) is 52.5 Å². The van der Waals surface area contributed by atoms with Gasteiger partial charge in [-0.15, -0.1) is 0 Å². The molecule has 3 heterocycles. The van der Waals surface area contributed by atoms with Gasteiger partial charge >= 0.3 is 5.97 Å². The smallest absolute Gasteiger partial charge is 0.342 e. The number of ether oxygens (including phenoxy) is 1. The Morgan fingerprint density at radius 1 is 1.23 bits per heavy atom. The van der Waals surface area contributed by atoms with E-state index in [0.717, 1.165) is 25.3 Å². The number of benzene rings is 1. The minimum Gasteiger partial charge on any atom is -0.462 e. The van der Waals surface area contributed by atoms with Crippen LogP contribution in [0.1, 0.15) is 40.0 Å². The zero-order valence-corrected chi connectivity index (χ0v) is 15.2. The van der Waals surface area contributed by atoms with Crippen LogP contribution in [0.15, 0.2) is 28.7 Å². The van der Waals surface area contributed by atoms with Crippen LogP contribution >= 0.6 is 0 Å². The minimum absolute atomic E-state index is 0.310. The second-order valence-electron chi connectivity index (χ2n) is 6.47. The zero-order chi connectivity index (χ0) is 18.3. The summed E-state index contributed by atoms with van der Waals surface area (Å²) in [4.78, 5) is 23.7. The van der Waals surface area contributed by atoms with Crippen molar-refractivity contribution in [2.75, 3.05) is 18.1 Å². The van der Waals surface area contributed by atoms with E-state index in [4.69, 9.17) is 9.15 Å². The van der Waals surface area contributed by atoms with E-state index in [0.29, 0.717) is 34.9 Å². The van der Waals surface area contributed by atoms with Gasteiger partial charge < -0.3 is 14.1 Å². The molecule has 26 heavy (non-hydrogen) atoms. The fourth-order valence-electron chi connectivity index (χ4n) is 3.55. The normalized spacial score (nSPS) is 13.7. The third kappa shape index (κ3) is 2.71. The molecule has 0 unspecified atom stereocenters. The summed E-state index contributed by atoms with van der Waals surface area (Å²) in [6.45, 7) is 7.27. The first-order valence-corrected chi connectivity index (χ1v) is 8.85. The first kappa shape index (κ1) is 16.6. The van der Waals surface area contributed by atoms with E-state index in [2.05, 4.69) is 39.1 Å². The first-order valence-electron chi connectivity index (χ1n) is 8.85. The minimum atomic E-state index is -0.394. The van der Waals surface area contributed by atoms with Crippen molar-refractivity contribution >= 4 is 22.9 Å². The number of carbonyl (C=O) groups excluding carboxylic acids is 1. The lowest BCUT2D eigenvalue weighted by molar-refractivity contribution is 0.0526. The van der Waals surface area contributed by atoms with Crippen LogP contribution in [0.3, 0.4) is 0 Å². The molecule has 2 aromatic heterocycles. The van der Waals surface area contributed by atoms with E-state index in [1.807, 2.05) is 6.92 Å². The fourth-order valence-corrected chi connectivity index (χ4v) is 3.55. The molecule has 3 aromatic rings. The van der Waals surface area contributed by atoms with E-state index in [1.54, 1.807) is 13.8 Å². The molecule has 0 amide bonds. The molecule has 0 fully saturated rings. The fraction of sp³-hybridized carbons (Fsp3) is 0.350. The number of hydrogen-bond donors (Lipinski definition) is 0. The number of esters is 1. The van der Waals surface area contributed by atoms with Gasteiger partial charge in [0.25, 0.3) is 0 Å². The molecule has 0 spiro atoms. The van der Waals surface area contributed by atoms with Crippen LogP contribution in [0.25, 0.3) is 11.1 Å². The Bertz CT molecular complexity index is 993. The molecule has 6 nitrogen and oxygen atoms in total. The molecule has 0 atom stereocenters. The van der Waals surface area contributed by atoms with Crippen LogP contribution < -0.4 is 4.90 Å². The van der Waals surface area contributed by atoms with Gasteiger partial charge in [0.05, 0.1) is 12.0 Å². The number of aryl methyl sites for hydroxylation is 2. The molecule has 6 heteroatoms. The van der Waals surface area contributed by atoms with E-state index >= 15 is 0 Å². The van der Waals surface area contributed by atoms with Gasteiger partial charge in [0.15, 0.2) is 0 Å². The second kappa shape index (κ2) is 6.44. The number of aromatic nitrogens is 2. The van der Waals surface area contributed by atoms with Crippen LogP contribution in [0, 0.1) is 13.8 Å². The molecule has 1 aliphatic heterocycles. The number of anilines is 1. The number of furan rings is 1. The number of fused-ring (bicyclic) bond motifs is 2. The molecule has 134 valence electrons. The summed E-state index contributed by atoms with van der Waals surface area (Å²) in [7, 11) is 0. The molecule has 0 aliphatic carbocycles. The highest BCUT2D eigenvalue weighted by Crippen LogP contribution is 2.34. The maximum atomic E-state index is 12.5. The van der Waals surface area contributed by atoms with Crippen molar-refractivity contribution in [1.29, 1.82) is 0 Å². The largest absolute Gasteiger partial charge is 0.462 e. The van der Waals surface area contributed by atoms with Crippen molar-refractivity contribution in [2.24, 2.45) is 0 Å². The molecular weight excluding hydrogens is 330 g/mol. The molecule has 0 bridgehead atoms. The van der Waals surface area contributed by atoms with Crippen molar-refractivity contribution in [3.8, 4) is 0 Å². The predicted molar refractivity (Wildman–Crippen MR) is 98.4 cm³/mol. The number of carbonyl (C=O) groups is 1. The van der Waals surface area contributed by atoms with Crippen LogP contribution in [-0.2, 0) is 17.7 Å². The molecule has 1 aliphatic rings. The van der Waals surface area contributed by atoms with Crippen molar-refractivity contribution < 1.29 is 13.9 Å². The first-order chi connectivity index (χ1) is 12.6. The van der Waals surface area contributed by atoms with Gasteiger partial charge in [-0.25, -0.2) is 9.78 Å². The van der Waals surface area contributed by atoms with Crippen LogP contribution in [0.5, 0.6) is 0 Å². The Kier molecular flexibility index (Phi) is 4.11. The van der Waals surface area contributed by atoms with E-state index in [1.165, 1.54) is 11.1 Å². The van der Waals surface area contributed by atoms with Crippen LogP contribution in [0.4, 0.5) is 5.82 Å². The molecule has 0 saturated heterocycles. The molecule has 1 aromatic carbocycles. The van der Waals surface area contributed by atoms with Gasteiger partial charge in [-0.1, -0.05) is 24.3 Å². The Morgan fingerprint density at radius 3 is 2.77 bits per heavy atom. The summed E-state index contributed by atoms with van der Waals surface area (Å²) in [5.74, 6) is 1.48. The number of nitrogens with zero attached hydrogens (tertiary/aromatic N) is 3. The molecular formula is C20H21N3O3. The summed E-state index contributed by atoms with van der Waals surface area (Å²) in [6.07, 6.45) is 0.937. The average Bonchev–Trinajstić information content (AvgIpc) is 2.96. The highest BCUT2D eigenvalue weighted by molar-refractivity contribution is 6.08. The zero-order valence-electron chi connectivity index (χ0n) is 15.2. The molecule has 0 N–H and O–H groups in total. The average molecular weight is 351 g/mol. The second-order valence-corrected chi connectivity index (χ2v) is 6.47. The number of rotatable bonds is 3. The molecule has 0 saturated carbocycles. The van der Waals surface area contributed by atoms with Crippen LogP contribution in [0.2, 0.25) is 0 Å². The quantitative estimate of drug-likeness (QED) is 0.672. The molecule has 4 rings (SSSR count). The Morgan fingerprint density at radius 2 is 2.00 bits per heavy atom. The standard InChI is InChI=1S/C20H21N3O3/c1-4-25-20(24)16-12(2)26-19-17(16)18(21-13(3)22-19)23-10-9-14-7-5-6-8-15(14)11-23/h5-8H,4,9-11H2,1-3H3. The van der Waals surface area contributed by atoms with Crippen LogP contribution in [-0.4, -0.2) is 29.1 Å². The Balaban J connectivity index is 1.86. The monoisotopic (exact) mass is 351 g/mol. The topological polar surface area (TPSA) is 68.5 Å². The summed E-state index contributed by atoms with van der Waals surface area (Å²) < 4.78 is 11.0. The van der Waals surface area contributed by atoms with Crippen molar-refractivity contribution in [3.63, 3.8) is 0 Å². The maximum Gasteiger partial charge on any atom is 0.342 e. The highest BCUT2D eigenvalue weighted by Gasteiger charge is 2.28. The highest BCUT2D eigenvalue weighted by atomic mass is 16.5. The third-order valence-electron chi connectivity index (χ3n) is 4.73. The summed E-state index contributed by atoms with van der Waals surface area (Å²) in [5.41, 5.74) is 3.50.